The van der Waals surface area contributed by atoms with Gasteiger partial charge < -0.3 is 4.98 Å². The number of aromatic amines is 1. The van der Waals surface area contributed by atoms with E-state index in [1.807, 2.05) is 24.3 Å². The summed E-state index contributed by atoms with van der Waals surface area (Å²) in [5.41, 5.74) is 4.18. The third kappa shape index (κ3) is 1.46. The van der Waals surface area contributed by atoms with Gasteiger partial charge in [-0.2, -0.15) is 0 Å². The summed E-state index contributed by atoms with van der Waals surface area (Å²) in [4.78, 5) is 15.8. The molecule has 2 aromatic carbocycles. The highest BCUT2D eigenvalue weighted by Gasteiger charge is 2.30. The molecule has 0 aliphatic heterocycles. The fourth-order valence-electron chi connectivity index (χ4n) is 2.66. The largest absolute Gasteiger partial charge is 0.354 e. The van der Waals surface area contributed by atoms with Gasteiger partial charge in [0, 0.05) is 31.5 Å². The van der Waals surface area contributed by atoms with E-state index in [9.17, 15) is 4.79 Å². The van der Waals surface area contributed by atoms with Crippen molar-refractivity contribution in [1.29, 1.82) is 0 Å². The van der Waals surface area contributed by atoms with Crippen LogP contribution in [0.5, 0.6) is 0 Å². The Morgan fingerprint density at radius 2 is 1.89 bits per heavy atom. The molecule has 0 saturated carbocycles. The Bertz CT molecular complexity index is 866. The minimum atomic E-state index is 0.0650. The zero-order valence-electron chi connectivity index (χ0n) is 9.63. The van der Waals surface area contributed by atoms with Crippen molar-refractivity contribution in [3.8, 4) is 11.3 Å². The van der Waals surface area contributed by atoms with Crippen LogP contribution in [0.2, 0.25) is 5.02 Å². The lowest BCUT2D eigenvalue weighted by Crippen LogP contribution is -1.94. The van der Waals surface area contributed by atoms with Crippen LogP contribution in [0.3, 0.4) is 0 Å². The minimum absolute atomic E-state index is 0.0650. The molecule has 0 saturated heterocycles. The van der Waals surface area contributed by atoms with Crippen LogP contribution in [0.15, 0.2) is 40.9 Å². The fraction of sp³-hybridized carbons (Fsp3) is 0. The lowest BCUT2D eigenvalue weighted by Gasteiger charge is -1.99. The van der Waals surface area contributed by atoms with Crippen molar-refractivity contribution in [2.45, 2.75) is 0 Å². The van der Waals surface area contributed by atoms with Gasteiger partial charge in [-0.1, -0.05) is 33.6 Å². The molecular formula is C15H7BrClNO. The number of fused-ring (bicyclic) bond motifs is 5. The van der Waals surface area contributed by atoms with Gasteiger partial charge in [0.25, 0.3) is 0 Å². The Morgan fingerprint density at radius 3 is 2.74 bits per heavy atom. The first-order valence-electron chi connectivity index (χ1n) is 5.81. The summed E-state index contributed by atoms with van der Waals surface area (Å²) in [5.74, 6) is 0.0650. The third-order valence-corrected chi connectivity index (χ3v) is 4.21. The van der Waals surface area contributed by atoms with Crippen molar-refractivity contribution < 1.29 is 4.79 Å². The van der Waals surface area contributed by atoms with Gasteiger partial charge in [-0.05, 0) is 30.3 Å². The van der Waals surface area contributed by atoms with Crippen LogP contribution < -0.4 is 0 Å². The summed E-state index contributed by atoms with van der Waals surface area (Å²) >= 11 is 9.47. The van der Waals surface area contributed by atoms with Gasteiger partial charge in [-0.3, -0.25) is 4.79 Å². The maximum Gasteiger partial charge on any atom is 0.196 e. The lowest BCUT2D eigenvalue weighted by molar-refractivity contribution is 0.104. The Balaban J connectivity index is 2.13. The van der Waals surface area contributed by atoms with Crippen LogP contribution in [0, 0.1) is 0 Å². The summed E-state index contributed by atoms with van der Waals surface area (Å²) in [6.45, 7) is 0. The summed E-state index contributed by atoms with van der Waals surface area (Å²) in [5, 5.41) is 1.59. The number of carbonyl (C=O) groups is 1. The van der Waals surface area contributed by atoms with Gasteiger partial charge in [0.15, 0.2) is 5.78 Å². The number of hydrogen-bond donors (Lipinski definition) is 1. The number of benzene rings is 2. The molecule has 0 radical (unpaired) electrons. The highest BCUT2D eigenvalue weighted by molar-refractivity contribution is 9.10. The minimum Gasteiger partial charge on any atom is -0.354 e. The van der Waals surface area contributed by atoms with Crippen LogP contribution in [-0.2, 0) is 0 Å². The average Bonchev–Trinajstić information content (AvgIpc) is 2.86. The molecule has 0 unspecified atom stereocenters. The van der Waals surface area contributed by atoms with E-state index in [1.54, 1.807) is 12.1 Å². The summed E-state index contributed by atoms with van der Waals surface area (Å²) in [6.07, 6.45) is 0. The molecule has 1 aliphatic carbocycles. The monoisotopic (exact) mass is 331 g/mol. The zero-order chi connectivity index (χ0) is 13.1. The van der Waals surface area contributed by atoms with E-state index in [0.29, 0.717) is 5.02 Å². The SMILES string of the molecule is O=C1c2ccc(Cl)cc2-c2[nH]c3cc(Br)ccc3c21. The van der Waals surface area contributed by atoms with E-state index in [2.05, 4.69) is 20.9 Å². The first-order chi connectivity index (χ1) is 9.15. The third-order valence-electron chi connectivity index (χ3n) is 3.48. The Hall–Kier alpha value is -1.58. The quantitative estimate of drug-likeness (QED) is 0.493. The number of nitrogens with one attached hydrogen (secondary N) is 1. The molecule has 92 valence electrons. The maximum absolute atomic E-state index is 12.5. The molecule has 0 atom stereocenters. The van der Waals surface area contributed by atoms with E-state index < -0.39 is 0 Å². The molecule has 1 aliphatic rings. The van der Waals surface area contributed by atoms with E-state index in [-0.39, 0.29) is 5.78 Å². The molecular weight excluding hydrogens is 326 g/mol. The average molecular weight is 333 g/mol. The maximum atomic E-state index is 12.5. The number of aromatic nitrogens is 1. The zero-order valence-corrected chi connectivity index (χ0v) is 12.0. The second kappa shape index (κ2) is 3.71. The molecule has 1 aromatic heterocycles. The number of hydrogen-bond acceptors (Lipinski definition) is 1. The Labute approximate surface area is 122 Å². The summed E-state index contributed by atoms with van der Waals surface area (Å²) in [7, 11) is 0. The van der Waals surface area contributed by atoms with Gasteiger partial charge >= 0.3 is 0 Å². The lowest BCUT2D eigenvalue weighted by atomic mass is 10.1. The molecule has 1 N–H and O–H groups in total. The molecule has 2 nitrogen and oxygen atoms in total. The highest BCUT2D eigenvalue weighted by Crippen LogP contribution is 2.41. The van der Waals surface area contributed by atoms with Gasteiger partial charge in [-0.25, -0.2) is 0 Å². The predicted octanol–water partition coefficient (Wildman–Crippen LogP) is 4.80. The molecule has 19 heavy (non-hydrogen) atoms. The molecule has 0 fully saturated rings. The number of rotatable bonds is 0. The molecule has 0 amide bonds. The number of halogens is 2. The van der Waals surface area contributed by atoms with E-state index in [1.165, 1.54) is 0 Å². The van der Waals surface area contributed by atoms with Gasteiger partial charge in [0.2, 0.25) is 0 Å². The van der Waals surface area contributed by atoms with Crippen LogP contribution in [0.25, 0.3) is 22.2 Å². The normalized spacial score (nSPS) is 12.8. The summed E-state index contributed by atoms with van der Waals surface area (Å²) in [6, 6.07) is 11.3. The van der Waals surface area contributed by atoms with Crippen molar-refractivity contribution in [1.82, 2.24) is 4.98 Å². The van der Waals surface area contributed by atoms with E-state index >= 15 is 0 Å². The van der Waals surface area contributed by atoms with Gasteiger partial charge in [0.05, 0.1) is 11.3 Å². The standard InChI is InChI=1S/C15H7BrClNO/c16-7-1-3-10-12(5-7)18-14-11-6-8(17)2-4-9(11)15(19)13(10)14/h1-6,18H. The second-order valence-corrected chi connectivity index (χ2v) is 5.94. The number of carbonyl (C=O) groups excluding carboxylic acids is 1. The highest BCUT2D eigenvalue weighted by atomic mass is 79.9. The fourth-order valence-corrected chi connectivity index (χ4v) is 3.20. The van der Waals surface area contributed by atoms with Crippen LogP contribution in [0.1, 0.15) is 15.9 Å². The van der Waals surface area contributed by atoms with Gasteiger partial charge in [0.1, 0.15) is 0 Å². The van der Waals surface area contributed by atoms with Crippen LogP contribution in [0.4, 0.5) is 0 Å². The van der Waals surface area contributed by atoms with Crippen molar-refractivity contribution in [3.05, 3.63) is 57.0 Å². The van der Waals surface area contributed by atoms with Crippen LogP contribution >= 0.6 is 27.5 Å². The van der Waals surface area contributed by atoms with Crippen molar-refractivity contribution in [3.63, 3.8) is 0 Å². The molecule has 3 aromatic rings. The topological polar surface area (TPSA) is 32.9 Å². The molecule has 4 rings (SSSR count). The smallest absolute Gasteiger partial charge is 0.196 e. The van der Waals surface area contributed by atoms with Crippen LogP contribution in [-0.4, -0.2) is 10.8 Å². The van der Waals surface area contributed by atoms with Crippen molar-refractivity contribution in [2.24, 2.45) is 0 Å². The summed E-state index contributed by atoms with van der Waals surface area (Å²) < 4.78 is 0.985. The van der Waals surface area contributed by atoms with Crippen molar-refractivity contribution in [2.75, 3.05) is 0 Å². The first-order valence-corrected chi connectivity index (χ1v) is 6.98. The molecule has 0 bridgehead atoms. The molecule has 1 heterocycles. The van der Waals surface area contributed by atoms with E-state index in [4.69, 9.17) is 11.6 Å². The molecule has 4 heteroatoms. The first kappa shape index (κ1) is 11.3. The Kier molecular flexibility index (Phi) is 2.20. The number of H-pyrrole nitrogens is 1. The van der Waals surface area contributed by atoms with E-state index in [0.717, 1.165) is 37.8 Å². The second-order valence-electron chi connectivity index (χ2n) is 4.58. The number of ketones is 1. The van der Waals surface area contributed by atoms with Gasteiger partial charge in [-0.15, -0.1) is 0 Å². The predicted molar refractivity (Wildman–Crippen MR) is 79.9 cm³/mol. The van der Waals surface area contributed by atoms with Crippen molar-refractivity contribution >= 4 is 44.2 Å². The Morgan fingerprint density at radius 1 is 1.05 bits per heavy atom. The molecule has 0 spiro atoms.